The molecule has 1 aliphatic rings. The highest BCUT2D eigenvalue weighted by Crippen LogP contribution is 2.39. The smallest absolute Gasteiger partial charge is 0.321 e. The second-order valence-electron chi connectivity index (χ2n) is 5.02. The van der Waals surface area contributed by atoms with E-state index in [2.05, 4.69) is 0 Å². The van der Waals surface area contributed by atoms with Gasteiger partial charge in [-0.15, -0.1) is 0 Å². The van der Waals surface area contributed by atoms with E-state index in [9.17, 15) is 19.3 Å². The Kier molecular flexibility index (Phi) is 4.43. The summed E-state index contributed by atoms with van der Waals surface area (Å²) in [5, 5.41) is 10.7. The van der Waals surface area contributed by atoms with Crippen LogP contribution in [0, 0.1) is 15.9 Å². The van der Waals surface area contributed by atoms with Crippen molar-refractivity contribution in [2.45, 2.75) is 38.8 Å². The Morgan fingerprint density at radius 3 is 2.59 bits per heavy atom. The zero-order valence-electron chi connectivity index (χ0n) is 12.4. The fourth-order valence-electron chi connectivity index (χ4n) is 2.24. The number of carbonyl (C=O) groups excluding carboxylic acids is 1. The van der Waals surface area contributed by atoms with Crippen LogP contribution in [0.3, 0.4) is 0 Å². The third kappa shape index (κ3) is 2.67. The molecule has 0 aliphatic carbocycles. The van der Waals surface area contributed by atoms with Crippen molar-refractivity contribution in [1.29, 1.82) is 0 Å². The molecule has 120 valence electrons. The van der Waals surface area contributed by atoms with Crippen LogP contribution < -0.4 is 0 Å². The van der Waals surface area contributed by atoms with E-state index in [0.29, 0.717) is 0 Å². The lowest BCUT2D eigenvalue weighted by Gasteiger charge is -2.43. The summed E-state index contributed by atoms with van der Waals surface area (Å²) >= 11 is 0. The summed E-state index contributed by atoms with van der Waals surface area (Å²) < 4.78 is 29.6. The number of nitro groups is 1. The average molecular weight is 313 g/mol. The first-order valence-corrected chi connectivity index (χ1v) is 6.73. The van der Waals surface area contributed by atoms with Gasteiger partial charge in [0.2, 0.25) is 5.82 Å². The number of ether oxygens (including phenoxy) is 3. The number of hydrogen-bond acceptors (Lipinski definition) is 6. The Morgan fingerprint density at radius 1 is 1.50 bits per heavy atom. The monoisotopic (exact) mass is 313 g/mol. The maximum absolute atomic E-state index is 13.9. The summed E-state index contributed by atoms with van der Waals surface area (Å²) in [7, 11) is 0. The van der Waals surface area contributed by atoms with Crippen molar-refractivity contribution in [2.24, 2.45) is 0 Å². The van der Waals surface area contributed by atoms with Gasteiger partial charge in [0.05, 0.1) is 11.5 Å². The molecule has 8 heteroatoms. The van der Waals surface area contributed by atoms with Crippen LogP contribution >= 0.6 is 0 Å². The standard InChI is InChI=1S/C14H16FNO6/c1-4-20-12(17)14(3,13-21-8(2)22-13)9-5-6-11(16(18)19)10(15)7-9/h5-8,13H,4H2,1-3H3. The minimum atomic E-state index is -1.42. The molecule has 7 nitrogen and oxygen atoms in total. The van der Waals surface area contributed by atoms with Crippen LogP contribution in [0.4, 0.5) is 10.1 Å². The van der Waals surface area contributed by atoms with Gasteiger partial charge < -0.3 is 14.2 Å². The van der Waals surface area contributed by atoms with Crippen molar-refractivity contribution in [2.75, 3.05) is 6.61 Å². The molecule has 1 heterocycles. The first kappa shape index (κ1) is 16.3. The summed E-state index contributed by atoms with van der Waals surface area (Å²) in [6.45, 7) is 4.91. The summed E-state index contributed by atoms with van der Waals surface area (Å²) in [6, 6.07) is 3.24. The molecule has 2 rings (SSSR count). The lowest BCUT2D eigenvalue weighted by Crippen LogP contribution is -2.56. The number of esters is 1. The average Bonchev–Trinajstić information content (AvgIpc) is 2.42. The van der Waals surface area contributed by atoms with Gasteiger partial charge in [-0.05, 0) is 32.4 Å². The highest BCUT2D eigenvalue weighted by molar-refractivity contribution is 5.83. The van der Waals surface area contributed by atoms with Gasteiger partial charge in [0, 0.05) is 6.07 Å². The molecule has 0 spiro atoms. The van der Waals surface area contributed by atoms with Crippen molar-refractivity contribution in [3.8, 4) is 0 Å². The molecule has 1 aliphatic heterocycles. The molecule has 0 amide bonds. The first-order valence-electron chi connectivity index (χ1n) is 6.73. The molecular formula is C14H16FNO6. The summed E-state index contributed by atoms with van der Waals surface area (Å²) in [5.41, 5.74) is -1.90. The van der Waals surface area contributed by atoms with E-state index in [-0.39, 0.29) is 12.2 Å². The molecule has 0 aromatic heterocycles. The third-order valence-corrected chi connectivity index (χ3v) is 3.55. The maximum Gasteiger partial charge on any atom is 0.321 e. The van der Waals surface area contributed by atoms with Crippen molar-refractivity contribution < 1.29 is 28.3 Å². The number of benzene rings is 1. The molecular weight excluding hydrogens is 297 g/mol. The number of hydrogen-bond donors (Lipinski definition) is 0. The van der Waals surface area contributed by atoms with E-state index in [1.807, 2.05) is 0 Å². The van der Waals surface area contributed by atoms with E-state index >= 15 is 0 Å². The van der Waals surface area contributed by atoms with E-state index in [1.165, 1.54) is 13.0 Å². The Bertz CT molecular complexity index is 601. The second kappa shape index (κ2) is 5.98. The first-order chi connectivity index (χ1) is 10.3. The van der Waals surface area contributed by atoms with Crippen LogP contribution in [0.2, 0.25) is 0 Å². The van der Waals surface area contributed by atoms with Gasteiger partial charge in [-0.2, -0.15) is 4.39 Å². The zero-order chi connectivity index (χ0) is 16.5. The fraction of sp³-hybridized carbons (Fsp3) is 0.500. The maximum atomic E-state index is 13.9. The molecule has 22 heavy (non-hydrogen) atoms. The van der Waals surface area contributed by atoms with Crippen LogP contribution in [-0.2, 0) is 24.4 Å². The van der Waals surface area contributed by atoms with Crippen molar-refractivity contribution in [3.63, 3.8) is 0 Å². The van der Waals surface area contributed by atoms with Crippen LogP contribution in [0.15, 0.2) is 18.2 Å². The predicted octanol–water partition coefficient (Wildman–Crippen LogP) is 2.27. The van der Waals surface area contributed by atoms with Crippen LogP contribution in [0.1, 0.15) is 26.3 Å². The van der Waals surface area contributed by atoms with Crippen LogP contribution in [0.25, 0.3) is 0 Å². The minimum Gasteiger partial charge on any atom is -0.465 e. The normalized spacial score (nSPS) is 23.3. The largest absolute Gasteiger partial charge is 0.465 e. The van der Waals surface area contributed by atoms with Gasteiger partial charge in [-0.3, -0.25) is 14.9 Å². The van der Waals surface area contributed by atoms with Crippen molar-refractivity contribution in [1.82, 2.24) is 0 Å². The number of rotatable bonds is 5. The van der Waals surface area contributed by atoms with Gasteiger partial charge in [0.25, 0.3) is 0 Å². The van der Waals surface area contributed by atoms with Gasteiger partial charge in [0.15, 0.2) is 12.6 Å². The summed E-state index contributed by atoms with van der Waals surface area (Å²) in [6.07, 6.45) is -1.43. The molecule has 0 radical (unpaired) electrons. The number of halogens is 1. The molecule has 1 unspecified atom stereocenters. The Labute approximate surface area is 126 Å². The highest BCUT2D eigenvalue weighted by Gasteiger charge is 2.52. The number of nitrogens with zero attached hydrogens (tertiary/aromatic N) is 1. The van der Waals surface area contributed by atoms with E-state index in [4.69, 9.17) is 14.2 Å². The lowest BCUT2D eigenvalue weighted by molar-refractivity contribution is -0.393. The number of carbonyl (C=O) groups is 1. The quantitative estimate of drug-likeness (QED) is 0.471. The second-order valence-corrected chi connectivity index (χ2v) is 5.02. The van der Waals surface area contributed by atoms with Gasteiger partial charge >= 0.3 is 11.7 Å². The molecule has 1 fully saturated rings. The highest BCUT2D eigenvalue weighted by atomic mass is 19.1. The van der Waals surface area contributed by atoms with E-state index in [1.54, 1.807) is 13.8 Å². The lowest BCUT2D eigenvalue weighted by atomic mass is 9.80. The molecule has 1 aromatic rings. The topological polar surface area (TPSA) is 87.9 Å². The zero-order valence-corrected chi connectivity index (χ0v) is 12.4. The minimum absolute atomic E-state index is 0.131. The predicted molar refractivity (Wildman–Crippen MR) is 72.5 cm³/mol. The Hall–Kier alpha value is -2.06. The third-order valence-electron chi connectivity index (χ3n) is 3.55. The van der Waals surface area contributed by atoms with E-state index in [0.717, 1.165) is 12.1 Å². The van der Waals surface area contributed by atoms with Crippen molar-refractivity contribution >= 4 is 11.7 Å². The Balaban J connectivity index is 2.43. The van der Waals surface area contributed by atoms with Crippen LogP contribution in [-0.4, -0.2) is 30.1 Å². The molecule has 1 atom stereocenters. The van der Waals surface area contributed by atoms with Gasteiger partial charge in [0.1, 0.15) is 5.41 Å². The van der Waals surface area contributed by atoms with E-state index < -0.39 is 40.4 Å². The number of nitro benzene ring substituents is 1. The molecule has 0 N–H and O–H groups in total. The summed E-state index contributed by atoms with van der Waals surface area (Å²) in [5.74, 6) is -1.69. The SMILES string of the molecule is CCOC(=O)C(C)(c1ccc([N+](=O)[O-])c(F)c1)C1OC(C)O1. The van der Waals surface area contributed by atoms with Crippen LogP contribution in [0.5, 0.6) is 0 Å². The summed E-state index contributed by atoms with van der Waals surface area (Å²) in [4.78, 5) is 22.2. The van der Waals surface area contributed by atoms with Gasteiger partial charge in [-0.1, -0.05) is 6.07 Å². The Morgan fingerprint density at radius 2 is 2.14 bits per heavy atom. The van der Waals surface area contributed by atoms with Gasteiger partial charge in [-0.25, -0.2) is 0 Å². The molecule has 0 bridgehead atoms. The molecule has 0 saturated carbocycles. The molecule has 1 aromatic carbocycles. The fourth-order valence-corrected chi connectivity index (χ4v) is 2.24. The van der Waals surface area contributed by atoms with Crippen molar-refractivity contribution in [3.05, 3.63) is 39.7 Å². The molecule has 1 saturated heterocycles.